The standard InChI is InChI=1S/C10H18N4/c1-2-14-7-3-4-9(14)8-13-10-11-5-6-12-10/h5-6,9H,2-4,7-8H2,1H3,(H2,11,12,13). The number of H-pyrrole nitrogens is 1. The Morgan fingerprint density at radius 2 is 2.64 bits per heavy atom. The second kappa shape index (κ2) is 4.46. The fourth-order valence-corrected chi connectivity index (χ4v) is 2.12. The Labute approximate surface area is 84.7 Å². The molecule has 0 aliphatic carbocycles. The Bertz CT molecular complexity index is 257. The molecule has 1 saturated heterocycles. The number of likely N-dealkylation sites (tertiary alicyclic amines) is 1. The van der Waals surface area contributed by atoms with Crippen molar-refractivity contribution >= 4 is 5.95 Å². The molecule has 1 aliphatic rings. The van der Waals surface area contributed by atoms with Crippen molar-refractivity contribution < 1.29 is 0 Å². The monoisotopic (exact) mass is 194 g/mol. The van der Waals surface area contributed by atoms with Gasteiger partial charge in [0.2, 0.25) is 0 Å². The molecule has 4 heteroatoms. The van der Waals surface area contributed by atoms with Crippen molar-refractivity contribution in [3.63, 3.8) is 0 Å². The van der Waals surface area contributed by atoms with Gasteiger partial charge in [-0.3, -0.25) is 4.90 Å². The lowest BCUT2D eigenvalue weighted by molar-refractivity contribution is 0.277. The maximum atomic E-state index is 4.14. The van der Waals surface area contributed by atoms with E-state index in [1.807, 2.05) is 6.20 Å². The summed E-state index contributed by atoms with van der Waals surface area (Å²) in [4.78, 5) is 9.72. The van der Waals surface area contributed by atoms with Crippen molar-refractivity contribution in [2.75, 3.05) is 25.0 Å². The number of aromatic amines is 1. The summed E-state index contributed by atoms with van der Waals surface area (Å²) in [7, 11) is 0. The van der Waals surface area contributed by atoms with Crippen molar-refractivity contribution in [2.45, 2.75) is 25.8 Å². The van der Waals surface area contributed by atoms with E-state index in [1.165, 1.54) is 19.4 Å². The van der Waals surface area contributed by atoms with E-state index in [9.17, 15) is 0 Å². The molecule has 2 heterocycles. The molecule has 1 aliphatic heterocycles. The first-order chi connectivity index (χ1) is 6.90. The lowest BCUT2D eigenvalue weighted by atomic mass is 10.2. The van der Waals surface area contributed by atoms with Gasteiger partial charge in [-0.05, 0) is 25.9 Å². The molecule has 2 N–H and O–H groups in total. The van der Waals surface area contributed by atoms with Crippen molar-refractivity contribution in [1.29, 1.82) is 0 Å². The van der Waals surface area contributed by atoms with Crippen LogP contribution >= 0.6 is 0 Å². The van der Waals surface area contributed by atoms with Crippen LogP contribution in [0.25, 0.3) is 0 Å². The Balaban J connectivity index is 1.80. The molecular weight excluding hydrogens is 176 g/mol. The first-order valence-corrected chi connectivity index (χ1v) is 5.37. The van der Waals surface area contributed by atoms with Crippen molar-refractivity contribution in [1.82, 2.24) is 14.9 Å². The average Bonchev–Trinajstić information content (AvgIpc) is 2.85. The van der Waals surface area contributed by atoms with Gasteiger partial charge in [-0.1, -0.05) is 6.92 Å². The number of imidazole rings is 1. The second-order valence-electron chi connectivity index (χ2n) is 3.74. The van der Waals surface area contributed by atoms with Crippen LogP contribution in [0.15, 0.2) is 12.4 Å². The zero-order chi connectivity index (χ0) is 9.80. The van der Waals surface area contributed by atoms with E-state index in [2.05, 4.69) is 27.1 Å². The number of hydrogen-bond acceptors (Lipinski definition) is 3. The Kier molecular flexibility index (Phi) is 3.03. The molecular formula is C10H18N4. The van der Waals surface area contributed by atoms with E-state index < -0.39 is 0 Å². The zero-order valence-corrected chi connectivity index (χ0v) is 8.66. The maximum Gasteiger partial charge on any atom is 0.200 e. The summed E-state index contributed by atoms with van der Waals surface area (Å²) in [5.41, 5.74) is 0. The quantitative estimate of drug-likeness (QED) is 0.759. The second-order valence-corrected chi connectivity index (χ2v) is 3.74. The third kappa shape index (κ3) is 2.07. The van der Waals surface area contributed by atoms with Gasteiger partial charge < -0.3 is 10.3 Å². The molecule has 78 valence electrons. The van der Waals surface area contributed by atoms with Gasteiger partial charge in [0, 0.05) is 25.0 Å². The fourth-order valence-electron chi connectivity index (χ4n) is 2.12. The molecule has 1 fully saturated rings. The normalized spacial score (nSPS) is 22.8. The molecule has 1 aromatic rings. The minimum absolute atomic E-state index is 0.685. The molecule has 0 saturated carbocycles. The van der Waals surface area contributed by atoms with Crippen LogP contribution in [0.4, 0.5) is 5.95 Å². The Morgan fingerprint density at radius 3 is 3.36 bits per heavy atom. The largest absolute Gasteiger partial charge is 0.354 e. The number of aromatic nitrogens is 2. The molecule has 0 amide bonds. The van der Waals surface area contributed by atoms with Crippen LogP contribution in [0.3, 0.4) is 0 Å². The van der Waals surface area contributed by atoms with Crippen LogP contribution in [-0.4, -0.2) is 40.5 Å². The maximum absolute atomic E-state index is 4.14. The van der Waals surface area contributed by atoms with Crippen LogP contribution in [-0.2, 0) is 0 Å². The van der Waals surface area contributed by atoms with Crippen LogP contribution in [0.2, 0.25) is 0 Å². The predicted octanol–water partition coefficient (Wildman–Crippen LogP) is 1.31. The van der Waals surface area contributed by atoms with E-state index in [-0.39, 0.29) is 0 Å². The molecule has 1 aromatic heterocycles. The summed E-state index contributed by atoms with van der Waals surface area (Å²) in [5, 5.41) is 3.32. The summed E-state index contributed by atoms with van der Waals surface area (Å²) < 4.78 is 0. The average molecular weight is 194 g/mol. The smallest absolute Gasteiger partial charge is 0.200 e. The van der Waals surface area contributed by atoms with Crippen LogP contribution in [0.5, 0.6) is 0 Å². The molecule has 1 unspecified atom stereocenters. The first kappa shape index (κ1) is 9.52. The molecule has 2 rings (SSSR count). The van der Waals surface area contributed by atoms with Gasteiger partial charge in [-0.2, -0.15) is 0 Å². The van der Waals surface area contributed by atoms with Gasteiger partial charge in [0.05, 0.1) is 0 Å². The molecule has 0 spiro atoms. The van der Waals surface area contributed by atoms with Gasteiger partial charge in [-0.25, -0.2) is 4.98 Å². The van der Waals surface area contributed by atoms with E-state index >= 15 is 0 Å². The lowest BCUT2D eigenvalue weighted by Crippen LogP contribution is -2.34. The van der Waals surface area contributed by atoms with E-state index in [4.69, 9.17) is 0 Å². The van der Waals surface area contributed by atoms with Gasteiger partial charge in [0.1, 0.15) is 0 Å². The predicted molar refractivity (Wildman–Crippen MR) is 57.3 cm³/mol. The van der Waals surface area contributed by atoms with Gasteiger partial charge in [0.15, 0.2) is 5.95 Å². The van der Waals surface area contributed by atoms with Gasteiger partial charge in [-0.15, -0.1) is 0 Å². The third-order valence-electron chi connectivity index (χ3n) is 2.91. The molecule has 4 nitrogen and oxygen atoms in total. The molecule has 0 radical (unpaired) electrons. The lowest BCUT2D eigenvalue weighted by Gasteiger charge is -2.22. The highest BCUT2D eigenvalue weighted by atomic mass is 15.2. The highest BCUT2D eigenvalue weighted by Crippen LogP contribution is 2.16. The van der Waals surface area contributed by atoms with Gasteiger partial charge in [0.25, 0.3) is 0 Å². The number of nitrogens with one attached hydrogen (secondary N) is 2. The summed E-state index contributed by atoms with van der Waals surface area (Å²) >= 11 is 0. The number of nitrogens with zero attached hydrogens (tertiary/aromatic N) is 2. The molecule has 0 bridgehead atoms. The Morgan fingerprint density at radius 1 is 1.71 bits per heavy atom. The highest BCUT2D eigenvalue weighted by Gasteiger charge is 2.22. The van der Waals surface area contributed by atoms with E-state index in [1.54, 1.807) is 6.20 Å². The molecule has 1 atom stereocenters. The van der Waals surface area contributed by atoms with Crippen LogP contribution in [0.1, 0.15) is 19.8 Å². The van der Waals surface area contributed by atoms with E-state index in [0.29, 0.717) is 6.04 Å². The Hall–Kier alpha value is -1.03. The first-order valence-electron chi connectivity index (χ1n) is 5.37. The summed E-state index contributed by atoms with van der Waals surface area (Å²) in [6.07, 6.45) is 6.25. The summed E-state index contributed by atoms with van der Waals surface area (Å²) in [6.45, 7) is 5.64. The number of anilines is 1. The number of likely N-dealkylation sites (N-methyl/N-ethyl adjacent to an activating group) is 1. The van der Waals surface area contributed by atoms with Crippen molar-refractivity contribution in [2.24, 2.45) is 0 Å². The SMILES string of the molecule is CCN1CCCC1CNc1ncc[nH]1. The van der Waals surface area contributed by atoms with Crippen molar-refractivity contribution in [3.8, 4) is 0 Å². The highest BCUT2D eigenvalue weighted by molar-refractivity contribution is 5.23. The fraction of sp³-hybridized carbons (Fsp3) is 0.700. The number of hydrogen-bond donors (Lipinski definition) is 2. The third-order valence-corrected chi connectivity index (χ3v) is 2.91. The van der Waals surface area contributed by atoms with Gasteiger partial charge >= 0.3 is 0 Å². The van der Waals surface area contributed by atoms with Crippen LogP contribution < -0.4 is 5.32 Å². The molecule has 0 aromatic carbocycles. The van der Waals surface area contributed by atoms with Crippen molar-refractivity contribution in [3.05, 3.63) is 12.4 Å². The number of rotatable bonds is 4. The van der Waals surface area contributed by atoms with Crippen LogP contribution in [0, 0.1) is 0 Å². The molecule has 14 heavy (non-hydrogen) atoms. The minimum Gasteiger partial charge on any atom is -0.354 e. The van der Waals surface area contributed by atoms with E-state index in [0.717, 1.165) is 19.0 Å². The zero-order valence-electron chi connectivity index (χ0n) is 8.66. The summed E-state index contributed by atoms with van der Waals surface area (Å²) in [5.74, 6) is 0.882. The minimum atomic E-state index is 0.685. The summed E-state index contributed by atoms with van der Waals surface area (Å²) in [6, 6.07) is 0.685. The topological polar surface area (TPSA) is 44.0 Å².